The number of fused-ring (bicyclic) bond motifs is 3. The van der Waals surface area contributed by atoms with Crippen molar-refractivity contribution in [3.05, 3.63) is 59.4 Å². The van der Waals surface area contributed by atoms with E-state index in [1.54, 1.807) is 0 Å². The van der Waals surface area contributed by atoms with Crippen molar-refractivity contribution in [2.24, 2.45) is 0 Å². The highest BCUT2D eigenvalue weighted by Crippen LogP contribution is 2.27. The van der Waals surface area contributed by atoms with Gasteiger partial charge in [-0.15, -0.1) is 10.2 Å². The number of rotatable bonds is 3. The van der Waals surface area contributed by atoms with Gasteiger partial charge in [0.1, 0.15) is 5.82 Å². The molecule has 7 heteroatoms. The SMILES string of the molecule is CCc1nnc2c(N3CCN(c4cccc(Cl)c4)CC3)nc3ccccc3n12. The molecule has 142 valence electrons. The molecule has 5 rings (SSSR count). The monoisotopic (exact) mass is 392 g/mol. The van der Waals surface area contributed by atoms with E-state index >= 15 is 0 Å². The Balaban J connectivity index is 1.50. The normalized spacial score (nSPS) is 14.9. The molecule has 1 saturated heterocycles. The van der Waals surface area contributed by atoms with E-state index in [4.69, 9.17) is 16.6 Å². The Kier molecular flexibility index (Phi) is 4.28. The summed E-state index contributed by atoms with van der Waals surface area (Å²) in [6.45, 7) is 5.68. The molecule has 1 aliphatic heterocycles. The van der Waals surface area contributed by atoms with Gasteiger partial charge < -0.3 is 9.80 Å². The molecule has 1 aliphatic rings. The minimum absolute atomic E-state index is 0.772. The largest absolute Gasteiger partial charge is 0.368 e. The number of aryl methyl sites for hydroxylation is 1. The van der Waals surface area contributed by atoms with Crippen molar-refractivity contribution in [1.29, 1.82) is 0 Å². The van der Waals surface area contributed by atoms with Gasteiger partial charge in [0.05, 0.1) is 11.0 Å². The Morgan fingerprint density at radius 2 is 1.71 bits per heavy atom. The van der Waals surface area contributed by atoms with Crippen molar-refractivity contribution in [2.75, 3.05) is 36.0 Å². The van der Waals surface area contributed by atoms with Crippen LogP contribution in [0.5, 0.6) is 0 Å². The van der Waals surface area contributed by atoms with Crippen LogP contribution >= 0.6 is 11.6 Å². The summed E-state index contributed by atoms with van der Waals surface area (Å²) in [7, 11) is 0. The van der Waals surface area contributed by atoms with Crippen LogP contribution in [0.1, 0.15) is 12.7 Å². The maximum atomic E-state index is 6.16. The van der Waals surface area contributed by atoms with Gasteiger partial charge in [0.25, 0.3) is 0 Å². The number of halogens is 1. The first-order valence-electron chi connectivity index (χ1n) is 9.63. The summed E-state index contributed by atoms with van der Waals surface area (Å²) >= 11 is 6.16. The molecule has 0 spiro atoms. The fourth-order valence-electron chi connectivity index (χ4n) is 3.92. The lowest BCUT2D eigenvalue weighted by atomic mass is 10.2. The molecule has 2 aromatic heterocycles. The Bertz CT molecular complexity index is 1150. The van der Waals surface area contributed by atoms with Crippen molar-refractivity contribution >= 4 is 39.8 Å². The molecule has 1 fully saturated rings. The summed E-state index contributed by atoms with van der Waals surface area (Å²) in [6.07, 6.45) is 0.831. The topological polar surface area (TPSA) is 49.6 Å². The molecule has 2 aromatic carbocycles. The van der Waals surface area contributed by atoms with E-state index in [1.807, 2.05) is 30.3 Å². The summed E-state index contributed by atoms with van der Waals surface area (Å²) in [5, 5.41) is 9.67. The first-order chi connectivity index (χ1) is 13.7. The maximum absolute atomic E-state index is 6.16. The summed E-state index contributed by atoms with van der Waals surface area (Å²) < 4.78 is 2.15. The standard InChI is InChI=1S/C21H21ClN6/c1-2-19-24-25-21-20(23-17-8-3-4-9-18(17)28(19)21)27-12-10-26(11-13-27)16-7-5-6-15(22)14-16/h3-9,14H,2,10-13H2,1H3. The summed E-state index contributed by atoms with van der Waals surface area (Å²) in [6, 6.07) is 16.2. The van der Waals surface area contributed by atoms with Crippen molar-refractivity contribution in [2.45, 2.75) is 13.3 Å². The van der Waals surface area contributed by atoms with Crippen molar-refractivity contribution in [3.8, 4) is 0 Å². The molecule has 0 atom stereocenters. The lowest BCUT2D eigenvalue weighted by molar-refractivity contribution is 0.648. The predicted molar refractivity (Wildman–Crippen MR) is 114 cm³/mol. The third-order valence-electron chi connectivity index (χ3n) is 5.35. The second-order valence-electron chi connectivity index (χ2n) is 7.01. The highest BCUT2D eigenvalue weighted by atomic mass is 35.5. The van der Waals surface area contributed by atoms with Crippen LogP contribution in [0.15, 0.2) is 48.5 Å². The minimum Gasteiger partial charge on any atom is -0.368 e. The Labute approximate surface area is 168 Å². The summed E-state index contributed by atoms with van der Waals surface area (Å²) in [5.41, 5.74) is 4.03. The molecule has 0 saturated carbocycles. The van der Waals surface area contributed by atoms with Crippen LogP contribution < -0.4 is 9.80 Å². The molecule has 0 bridgehead atoms. The first kappa shape index (κ1) is 17.3. The van der Waals surface area contributed by atoms with Crippen molar-refractivity contribution in [1.82, 2.24) is 19.6 Å². The molecular weight excluding hydrogens is 372 g/mol. The molecule has 0 N–H and O–H groups in total. The molecule has 0 unspecified atom stereocenters. The average molecular weight is 393 g/mol. The Morgan fingerprint density at radius 1 is 0.929 bits per heavy atom. The second-order valence-corrected chi connectivity index (χ2v) is 7.44. The number of piperazine rings is 1. The summed E-state index contributed by atoms with van der Waals surface area (Å²) in [4.78, 5) is 9.63. The quantitative estimate of drug-likeness (QED) is 0.530. The van der Waals surface area contributed by atoms with Gasteiger partial charge in [0.2, 0.25) is 5.65 Å². The minimum atomic E-state index is 0.772. The predicted octanol–water partition coefficient (Wildman–Crippen LogP) is 3.82. The van der Waals surface area contributed by atoms with Gasteiger partial charge in [-0.2, -0.15) is 0 Å². The van der Waals surface area contributed by atoms with E-state index in [-0.39, 0.29) is 0 Å². The van der Waals surface area contributed by atoms with Gasteiger partial charge in [0, 0.05) is 43.3 Å². The number of aromatic nitrogens is 4. The molecule has 0 amide bonds. The summed E-state index contributed by atoms with van der Waals surface area (Å²) in [5.74, 6) is 1.88. The van der Waals surface area contributed by atoms with Crippen molar-refractivity contribution < 1.29 is 0 Å². The molecular formula is C21H21ClN6. The van der Waals surface area contributed by atoms with E-state index in [0.717, 1.165) is 65.9 Å². The third-order valence-corrected chi connectivity index (χ3v) is 5.58. The number of nitrogens with zero attached hydrogens (tertiary/aromatic N) is 6. The zero-order valence-electron chi connectivity index (χ0n) is 15.7. The third kappa shape index (κ3) is 2.85. The number of benzene rings is 2. The Hall–Kier alpha value is -2.86. The first-order valence-corrected chi connectivity index (χ1v) is 10.0. The lowest BCUT2D eigenvalue weighted by Crippen LogP contribution is -2.47. The molecule has 4 aromatic rings. The fourth-order valence-corrected chi connectivity index (χ4v) is 4.10. The van der Waals surface area contributed by atoms with E-state index in [9.17, 15) is 0 Å². The highest BCUT2D eigenvalue weighted by Gasteiger charge is 2.23. The molecule has 3 heterocycles. The zero-order chi connectivity index (χ0) is 19.1. The second kappa shape index (κ2) is 6.95. The van der Waals surface area contributed by atoms with Crippen LogP contribution in [0.25, 0.3) is 16.7 Å². The van der Waals surface area contributed by atoms with Crippen LogP contribution in [0.3, 0.4) is 0 Å². The molecule has 28 heavy (non-hydrogen) atoms. The van der Waals surface area contributed by atoms with E-state index < -0.39 is 0 Å². The zero-order valence-corrected chi connectivity index (χ0v) is 16.5. The average Bonchev–Trinajstić information content (AvgIpc) is 3.18. The van der Waals surface area contributed by atoms with Crippen LogP contribution in [0.2, 0.25) is 5.02 Å². The Morgan fingerprint density at radius 3 is 2.50 bits per heavy atom. The lowest BCUT2D eigenvalue weighted by Gasteiger charge is -2.36. The van der Waals surface area contributed by atoms with Crippen molar-refractivity contribution in [3.63, 3.8) is 0 Å². The highest BCUT2D eigenvalue weighted by molar-refractivity contribution is 6.30. The smallest absolute Gasteiger partial charge is 0.204 e. The van der Waals surface area contributed by atoms with E-state index in [1.165, 1.54) is 5.69 Å². The van der Waals surface area contributed by atoms with Gasteiger partial charge in [-0.1, -0.05) is 36.7 Å². The number of hydrogen-bond acceptors (Lipinski definition) is 5. The molecule has 0 aliphatic carbocycles. The van der Waals surface area contributed by atoms with E-state index in [2.05, 4.69) is 49.5 Å². The number of hydrogen-bond donors (Lipinski definition) is 0. The van der Waals surface area contributed by atoms with Crippen LogP contribution in [0.4, 0.5) is 11.5 Å². The van der Waals surface area contributed by atoms with Crippen LogP contribution in [-0.2, 0) is 6.42 Å². The molecule has 0 radical (unpaired) electrons. The number of anilines is 2. The fraction of sp³-hybridized carbons (Fsp3) is 0.286. The maximum Gasteiger partial charge on any atom is 0.204 e. The van der Waals surface area contributed by atoms with Gasteiger partial charge in [-0.05, 0) is 30.3 Å². The van der Waals surface area contributed by atoms with E-state index in [0.29, 0.717) is 0 Å². The van der Waals surface area contributed by atoms with Crippen LogP contribution in [0, 0.1) is 0 Å². The number of para-hydroxylation sites is 2. The van der Waals surface area contributed by atoms with Gasteiger partial charge in [0.15, 0.2) is 5.82 Å². The van der Waals surface area contributed by atoms with Crippen LogP contribution in [-0.4, -0.2) is 45.8 Å². The molecule has 6 nitrogen and oxygen atoms in total. The van der Waals surface area contributed by atoms with Gasteiger partial charge >= 0.3 is 0 Å². The van der Waals surface area contributed by atoms with Gasteiger partial charge in [-0.3, -0.25) is 4.40 Å². The van der Waals surface area contributed by atoms with Gasteiger partial charge in [-0.25, -0.2) is 4.98 Å².